The minimum atomic E-state index is 0.0527. The second-order valence-electron chi connectivity index (χ2n) is 4.48. The summed E-state index contributed by atoms with van der Waals surface area (Å²) < 4.78 is 7.68. The molecule has 2 rings (SSSR count). The van der Waals surface area contributed by atoms with Crippen molar-refractivity contribution in [3.8, 4) is 0 Å². The first kappa shape index (κ1) is 14.0. The molecule has 1 N–H and O–H groups in total. The summed E-state index contributed by atoms with van der Waals surface area (Å²) in [5.41, 5.74) is 0.853. The SMILES string of the molecule is Cc1ncn(CCNC2CCOCC2)c(=O)c1I. The second-order valence-corrected chi connectivity index (χ2v) is 5.56. The predicted molar refractivity (Wildman–Crippen MR) is 77.8 cm³/mol. The highest BCUT2D eigenvalue weighted by Crippen LogP contribution is 2.05. The maximum Gasteiger partial charge on any atom is 0.267 e. The van der Waals surface area contributed by atoms with Gasteiger partial charge in [-0.25, -0.2) is 4.98 Å². The Kier molecular flexibility index (Phi) is 5.13. The van der Waals surface area contributed by atoms with Crippen molar-refractivity contribution < 1.29 is 4.74 Å². The van der Waals surface area contributed by atoms with Gasteiger partial charge in [0.1, 0.15) is 0 Å². The first-order valence-corrected chi connectivity index (χ1v) is 7.29. The van der Waals surface area contributed by atoms with Crippen molar-refractivity contribution in [1.82, 2.24) is 14.9 Å². The largest absolute Gasteiger partial charge is 0.381 e. The molecule has 0 radical (unpaired) electrons. The molecule has 0 unspecified atom stereocenters. The smallest absolute Gasteiger partial charge is 0.267 e. The Morgan fingerprint density at radius 1 is 1.56 bits per heavy atom. The summed E-state index contributed by atoms with van der Waals surface area (Å²) >= 11 is 2.06. The average Bonchev–Trinajstić information content (AvgIpc) is 2.40. The Hall–Kier alpha value is -0.470. The first-order chi connectivity index (χ1) is 8.68. The first-order valence-electron chi connectivity index (χ1n) is 6.21. The van der Waals surface area contributed by atoms with Crippen molar-refractivity contribution in [3.05, 3.63) is 25.9 Å². The van der Waals surface area contributed by atoms with Crippen LogP contribution in [0.5, 0.6) is 0 Å². The summed E-state index contributed by atoms with van der Waals surface area (Å²) in [5.74, 6) is 0. The number of halogens is 1. The third-order valence-electron chi connectivity index (χ3n) is 3.16. The van der Waals surface area contributed by atoms with E-state index in [9.17, 15) is 4.79 Å². The van der Waals surface area contributed by atoms with E-state index in [1.807, 2.05) is 6.92 Å². The fourth-order valence-corrected chi connectivity index (χ4v) is 2.45. The van der Waals surface area contributed by atoms with Gasteiger partial charge in [0.2, 0.25) is 0 Å². The molecule has 100 valence electrons. The van der Waals surface area contributed by atoms with Gasteiger partial charge in [0, 0.05) is 32.3 Å². The Balaban J connectivity index is 1.86. The summed E-state index contributed by atoms with van der Waals surface area (Å²) in [4.78, 5) is 16.2. The number of aromatic nitrogens is 2. The summed E-state index contributed by atoms with van der Waals surface area (Å²) in [6.45, 7) is 4.99. The van der Waals surface area contributed by atoms with Gasteiger partial charge in [-0.3, -0.25) is 9.36 Å². The molecule has 1 aliphatic rings. The van der Waals surface area contributed by atoms with Crippen LogP contribution in [0.25, 0.3) is 0 Å². The van der Waals surface area contributed by atoms with Crippen LogP contribution >= 0.6 is 22.6 Å². The summed E-state index contributed by atoms with van der Waals surface area (Å²) in [6, 6.07) is 0.520. The Bertz CT molecular complexity index is 455. The molecule has 6 heteroatoms. The lowest BCUT2D eigenvalue weighted by Gasteiger charge is -2.23. The van der Waals surface area contributed by atoms with Gasteiger partial charge >= 0.3 is 0 Å². The molecule has 1 saturated heterocycles. The molecule has 0 saturated carbocycles. The highest BCUT2D eigenvalue weighted by molar-refractivity contribution is 14.1. The van der Waals surface area contributed by atoms with Crippen molar-refractivity contribution in [2.45, 2.75) is 32.4 Å². The molecule has 0 amide bonds. The third-order valence-corrected chi connectivity index (χ3v) is 4.41. The molecule has 0 spiro atoms. The van der Waals surface area contributed by atoms with E-state index in [-0.39, 0.29) is 5.56 Å². The average molecular weight is 363 g/mol. The molecule has 18 heavy (non-hydrogen) atoms. The number of ether oxygens (including phenoxy) is 1. The standard InChI is InChI=1S/C12H18IN3O2/c1-9-11(13)12(17)16(8-15-9)5-4-14-10-2-6-18-7-3-10/h8,10,14H,2-7H2,1H3. The summed E-state index contributed by atoms with van der Waals surface area (Å²) in [5, 5.41) is 3.46. The highest BCUT2D eigenvalue weighted by atomic mass is 127. The van der Waals surface area contributed by atoms with Gasteiger partial charge in [0.05, 0.1) is 15.6 Å². The van der Waals surface area contributed by atoms with Gasteiger partial charge in [-0.15, -0.1) is 0 Å². The van der Waals surface area contributed by atoms with Gasteiger partial charge in [-0.05, 0) is 42.4 Å². The van der Waals surface area contributed by atoms with Crippen molar-refractivity contribution in [1.29, 1.82) is 0 Å². The van der Waals surface area contributed by atoms with Crippen molar-refractivity contribution in [3.63, 3.8) is 0 Å². The van der Waals surface area contributed by atoms with Crippen LogP contribution in [-0.4, -0.2) is 35.4 Å². The van der Waals surface area contributed by atoms with Gasteiger partial charge in [0.15, 0.2) is 0 Å². The zero-order chi connectivity index (χ0) is 13.0. The normalized spacial score (nSPS) is 17.0. The summed E-state index contributed by atoms with van der Waals surface area (Å²) in [6.07, 6.45) is 3.74. The minimum Gasteiger partial charge on any atom is -0.381 e. The van der Waals surface area contributed by atoms with Gasteiger partial charge in [0.25, 0.3) is 5.56 Å². The molecule has 0 aromatic carbocycles. The molecule has 0 atom stereocenters. The number of hydrogen-bond acceptors (Lipinski definition) is 4. The van der Waals surface area contributed by atoms with Crippen LogP contribution in [0.2, 0.25) is 0 Å². The number of aryl methyl sites for hydroxylation is 1. The van der Waals surface area contributed by atoms with E-state index in [2.05, 4.69) is 32.9 Å². The van der Waals surface area contributed by atoms with Crippen LogP contribution in [0.15, 0.2) is 11.1 Å². The van der Waals surface area contributed by atoms with Crippen LogP contribution in [-0.2, 0) is 11.3 Å². The van der Waals surface area contributed by atoms with E-state index in [0.29, 0.717) is 16.2 Å². The van der Waals surface area contributed by atoms with Crippen LogP contribution < -0.4 is 10.9 Å². The molecule has 1 aliphatic heterocycles. The fourth-order valence-electron chi connectivity index (χ4n) is 2.00. The molecule has 2 heterocycles. The van der Waals surface area contributed by atoms with E-state index in [0.717, 1.165) is 38.3 Å². The number of nitrogens with one attached hydrogen (secondary N) is 1. The van der Waals surface area contributed by atoms with E-state index in [1.165, 1.54) is 0 Å². The molecule has 5 nitrogen and oxygen atoms in total. The van der Waals surface area contributed by atoms with Crippen molar-refractivity contribution in [2.75, 3.05) is 19.8 Å². The molecule has 1 aromatic rings. The summed E-state index contributed by atoms with van der Waals surface area (Å²) in [7, 11) is 0. The minimum absolute atomic E-state index is 0.0527. The quantitative estimate of drug-likeness (QED) is 0.809. The highest BCUT2D eigenvalue weighted by Gasteiger charge is 2.12. The van der Waals surface area contributed by atoms with Crippen LogP contribution in [0, 0.1) is 10.5 Å². The molecule has 0 bridgehead atoms. The molecular weight excluding hydrogens is 345 g/mol. The Morgan fingerprint density at radius 3 is 3.00 bits per heavy atom. The zero-order valence-electron chi connectivity index (χ0n) is 10.5. The van der Waals surface area contributed by atoms with E-state index in [4.69, 9.17) is 4.74 Å². The maximum atomic E-state index is 11.9. The van der Waals surface area contributed by atoms with Gasteiger partial charge in [-0.1, -0.05) is 0 Å². The maximum absolute atomic E-state index is 11.9. The molecule has 1 aromatic heterocycles. The lowest BCUT2D eigenvalue weighted by molar-refractivity contribution is 0.0778. The van der Waals surface area contributed by atoms with Crippen LogP contribution in [0.1, 0.15) is 18.5 Å². The van der Waals surface area contributed by atoms with Crippen LogP contribution in [0.3, 0.4) is 0 Å². The Morgan fingerprint density at radius 2 is 2.28 bits per heavy atom. The lowest BCUT2D eigenvalue weighted by Crippen LogP contribution is -2.38. The van der Waals surface area contributed by atoms with E-state index < -0.39 is 0 Å². The van der Waals surface area contributed by atoms with E-state index in [1.54, 1.807) is 10.9 Å². The number of hydrogen-bond donors (Lipinski definition) is 1. The number of rotatable bonds is 4. The topological polar surface area (TPSA) is 56.1 Å². The molecule has 0 aliphatic carbocycles. The van der Waals surface area contributed by atoms with Crippen LogP contribution in [0.4, 0.5) is 0 Å². The lowest BCUT2D eigenvalue weighted by atomic mass is 10.1. The second kappa shape index (κ2) is 6.63. The number of nitrogens with zero attached hydrogens (tertiary/aromatic N) is 2. The fraction of sp³-hybridized carbons (Fsp3) is 0.667. The predicted octanol–water partition coefficient (Wildman–Crippen LogP) is 0.925. The third kappa shape index (κ3) is 3.52. The molecule has 1 fully saturated rings. The zero-order valence-corrected chi connectivity index (χ0v) is 12.6. The Labute approximate surface area is 120 Å². The van der Waals surface area contributed by atoms with E-state index >= 15 is 0 Å². The molecular formula is C12H18IN3O2. The van der Waals surface area contributed by atoms with Crippen molar-refractivity contribution >= 4 is 22.6 Å². The van der Waals surface area contributed by atoms with Gasteiger partial charge < -0.3 is 10.1 Å². The van der Waals surface area contributed by atoms with Gasteiger partial charge in [-0.2, -0.15) is 0 Å². The monoisotopic (exact) mass is 363 g/mol. The van der Waals surface area contributed by atoms with Crippen molar-refractivity contribution in [2.24, 2.45) is 0 Å².